The lowest BCUT2D eigenvalue weighted by Crippen LogP contribution is -2.74. The smallest absolute Gasteiger partial charge is 0.235 e. The Morgan fingerprint density at radius 1 is 1.07 bits per heavy atom. The number of aliphatic hydroxyl groups is 1. The summed E-state index contributed by atoms with van der Waals surface area (Å²) in [6.45, 7) is 6.07. The van der Waals surface area contributed by atoms with Gasteiger partial charge in [-0.05, 0) is 93.2 Å². The number of ketones is 4. The summed E-state index contributed by atoms with van der Waals surface area (Å²) in [5, 5.41) is 22.6. The first-order chi connectivity index (χ1) is 20.7. The quantitative estimate of drug-likeness (QED) is 0.384. The van der Waals surface area contributed by atoms with Crippen LogP contribution >= 0.6 is 0 Å². The van der Waals surface area contributed by atoms with Crippen LogP contribution in [-0.2, 0) is 32.1 Å². The Hall–Kier alpha value is -3.73. The van der Waals surface area contributed by atoms with Crippen LogP contribution in [0.2, 0.25) is 0 Å². The molecule has 2 saturated carbocycles. The lowest BCUT2D eigenvalue weighted by Gasteiger charge is -2.52. The zero-order valence-electron chi connectivity index (χ0n) is 25.9. The SMILES string of the molecule is CC(C)CCN(C)Cc1cccc(-c2ccc(O)c3c2C[C@H]2C[C@H]4[C@H](N(C)C)C(=O)C(C(N)=O)C(=O)[C@@]4(O)C(=O)C2C3=O)c1. The van der Waals surface area contributed by atoms with Gasteiger partial charge in [-0.25, -0.2) is 0 Å². The van der Waals surface area contributed by atoms with Crippen LogP contribution in [0, 0.1) is 29.6 Å². The predicted octanol–water partition coefficient (Wildman–Crippen LogP) is 2.01. The summed E-state index contributed by atoms with van der Waals surface area (Å²) in [5.41, 5.74) is 5.93. The van der Waals surface area contributed by atoms with Crippen molar-refractivity contribution in [3.63, 3.8) is 0 Å². The number of phenols is 1. The number of hydrogen-bond donors (Lipinski definition) is 3. The van der Waals surface area contributed by atoms with E-state index < -0.39 is 64.4 Å². The van der Waals surface area contributed by atoms with Crippen molar-refractivity contribution in [2.75, 3.05) is 27.7 Å². The van der Waals surface area contributed by atoms with Crippen LogP contribution in [0.5, 0.6) is 5.75 Å². The highest BCUT2D eigenvalue weighted by Gasteiger charge is 2.69. The van der Waals surface area contributed by atoms with E-state index in [-0.39, 0.29) is 24.2 Å². The zero-order chi connectivity index (χ0) is 32.2. The number of phenolic OH excluding ortho intramolecular Hbond substituents is 1. The summed E-state index contributed by atoms with van der Waals surface area (Å²) in [6.07, 6.45) is 1.31. The molecule has 3 aliphatic carbocycles. The average Bonchev–Trinajstić information content (AvgIpc) is 2.93. The van der Waals surface area contributed by atoms with Gasteiger partial charge in [0.05, 0.1) is 17.5 Å². The minimum atomic E-state index is -2.74. The van der Waals surface area contributed by atoms with Gasteiger partial charge in [0.15, 0.2) is 34.7 Å². The number of carbonyl (C=O) groups is 5. The first-order valence-corrected chi connectivity index (χ1v) is 15.2. The minimum Gasteiger partial charge on any atom is -0.507 e. The third-order valence-electron chi connectivity index (χ3n) is 9.72. The van der Waals surface area contributed by atoms with Gasteiger partial charge in [0.1, 0.15) is 5.75 Å². The first kappa shape index (κ1) is 31.7. The van der Waals surface area contributed by atoms with E-state index in [1.807, 2.05) is 18.2 Å². The van der Waals surface area contributed by atoms with Crippen molar-refractivity contribution in [3.8, 4) is 16.9 Å². The molecule has 44 heavy (non-hydrogen) atoms. The van der Waals surface area contributed by atoms with Crippen LogP contribution in [0.25, 0.3) is 11.1 Å². The van der Waals surface area contributed by atoms with Crippen molar-refractivity contribution in [2.45, 2.75) is 51.3 Å². The zero-order valence-corrected chi connectivity index (χ0v) is 25.9. The highest BCUT2D eigenvalue weighted by Crippen LogP contribution is 2.51. The Morgan fingerprint density at radius 2 is 1.77 bits per heavy atom. The van der Waals surface area contributed by atoms with E-state index in [2.05, 4.69) is 31.9 Å². The van der Waals surface area contributed by atoms with E-state index in [1.165, 1.54) is 11.0 Å². The van der Waals surface area contributed by atoms with Crippen LogP contribution in [0.4, 0.5) is 0 Å². The number of carbonyl (C=O) groups excluding carboxylic acids is 5. The van der Waals surface area contributed by atoms with Gasteiger partial charge in [-0.3, -0.25) is 28.9 Å². The third kappa shape index (κ3) is 5.08. The predicted molar refractivity (Wildman–Crippen MR) is 163 cm³/mol. The molecule has 1 amide bonds. The molecule has 0 aromatic heterocycles. The second kappa shape index (κ2) is 11.6. The molecule has 0 aliphatic heterocycles. The number of primary amides is 1. The van der Waals surface area contributed by atoms with Gasteiger partial charge in [0, 0.05) is 12.5 Å². The number of rotatable bonds is 8. The molecule has 0 spiro atoms. The molecule has 0 bridgehead atoms. The van der Waals surface area contributed by atoms with Gasteiger partial charge in [-0.15, -0.1) is 0 Å². The number of benzene rings is 2. The molecule has 3 aliphatic rings. The fourth-order valence-corrected chi connectivity index (χ4v) is 7.58. The fraction of sp³-hybridized carbons (Fsp3) is 0.500. The van der Waals surface area contributed by atoms with Gasteiger partial charge >= 0.3 is 0 Å². The molecule has 2 unspecified atom stereocenters. The molecule has 0 saturated heterocycles. The van der Waals surface area contributed by atoms with Crippen molar-refractivity contribution in [1.82, 2.24) is 9.80 Å². The van der Waals surface area contributed by atoms with Crippen LogP contribution in [0.1, 0.15) is 48.2 Å². The summed E-state index contributed by atoms with van der Waals surface area (Å²) in [6, 6.07) is 10.0. The molecule has 2 aromatic rings. The van der Waals surface area contributed by atoms with E-state index in [0.29, 0.717) is 11.5 Å². The van der Waals surface area contributed by atoms with Gasteiger partial charge < -0.3 is 20.8 Å². The summed E-state index contributed by atoms with van der Waals surface area (Å²) in [4.78, 5) is 70.8. The van der Waals surface area contributed by atoms with E-state index in [9.17, 15) is 34.2 Å². The highest BCUT2D eigenvalue weighted by molar-refractivity contribution is 6.32. The topological polar surface area (TPSA) is 158 Å². The number of fused-ring (bicyclic) bond motifs is 3. The Bertz CT molecular complexity index is 1550. The second-order valence-electron chi connectivity index (χ2n) is 13.4. The summed E-state index contributed by atoms with van der Waals surface area (Å²) in [7, 11) is 5.21. The molecule has 2 fully saturated rings. The van der Waals surface area contributed by atoms with Gasteiger partial charge in [-0.1, -0.05) is 38.1 Å². The summed E-state index contributed by atoms with van der Waals surface area (Å²) in [5.74, 6) is -9.90. The first-order valence-electron chi connectivity index (χ1n) is 15.2. The number of likely N-dealkylation sites (N-methyl/N-ethyl adjacent to an activating group) is 1. The molecule has 0 heterocycles. The Labute approximate surface area is 257 Å². The van der Waals surface area contributed by atoms with Crippen molar-refractivity contribution in [1.29, 1.82) is 0 Å². The summed E-state index contributed by atoms with van der Waals surface area (Å²) >= 11 is 0. The van der Waals surface area contributed by atoms with E-state index in [4.69, 9.17) is 5.73 Å². The van der Waals surface area contributed by atoms with Crippen LogP contribution in [-0.4, -0.2) is 88.4 Å². The van der Waals surface area contributed by atoms with E-state index in [0.717, 1.165) is 36.2 Å². The third-order valence-corrected chi connectivity index (χ3v) is 9.72. The lowest BCUT2D eigenvalue weighted by molar-refractivity contribution is -0.181. The second-order valence-corrected chi connectivity index (χ2v) is 13.4. The number of amides is 1. The number of aromatic hydroxyl groups is 1. The maximum absolute atomic E-state index is 14.0. The Morgan fingerprint density at radius 3 is 2.41 bits per heavy atom. The summed E-state index contributed by atoms with van der Waals surface area (Å²) < 4.78 is 0. The molecule has 2 aromatic carbocycles. The maximum atomic E-state index is 14.0. The van der Waals surface area contributed by atoms with Gasteiger partial charge in [0.2, 0.25) is 5.91 Å². The molecule has 5 rings (SSSR count). The fourth-order valence-electron chi connectivity index (χ4n) is 7.58. The largest absolute Gasteiger partial charge is 0.507 e. The van der Waals surface area contributed by atoms with Crippen LogP contribution < -0.4 is 5.73 Å². The normalized spacial score (nSPS) is 28.3. The number of nitrogens with zero attached hydrogens (tertiary/aromatic N) is 2. The van der Waals surface area contributed by atoms with E-state index in [1.54, 1.807) is 20.2 Å². The van der Waals surface area contributed by atoms with Gasteiger partial charge in [-0.2, -0.15) is 0 Å². The molecule has 4 N–H and O–H groups in total. The molecule has 0 radical (unpaired) electrons. The Balaban J connectivity index is 1.55. The van der Waals surface area contributed by atoms with E-state index >= 15 is 0 Å². The van der Waals surface area contributed by atoms with Crippen molar-refractivity contribution >= 4 is 29.0 Å². The van der Waals surface area contributed by atoms with Crippen LogP contribution in [0.3, 0.4) is 0 Å². The monoisotopic (exact) mass is 603 g/mol. The number of hydrogen-bond acceptors (Lipinski definition) is 9. The molecular formula is C34H41N3O7. The standard InChI is InChI=1S/C34H41N3O7/c1-17(2)11-12-37(5)16-18-7-6-8-19(13-18)21-9-10-24(38)26-22(21)14-20-15-23-28(36(3)4)30(40)27(33(35)43)32(42)34(23,44)31(41)25(20)29(26)39/h6-10,13,17,20,23,25,27-28,38,44H,11-12,14-16H2,1-5H3,(H2,35,43)/t20-,23-,25?,27?,28-,34-/m0/s1. The van der Waals surface area contributed by atoms with Crippen LogP contribution in [0.15, 0.2) is 36.4 Å². The molecular weight excluding hydrogens is 562 g/mol. The maximum Gasteiger partial charge on any atom is 0.235 e. The van der Waals surface area contributed by atoms with Gasteiger partial charge in [0.25, 0.3) is 0 Å². The number of nitrogens with two attached hydrogens (primary N) is 1. The number of Topliss-reactive ketones (excluding diaryl/α,β-unsaturated/α-hetero) is 4. The highest BCUT2D eigenvalue weighted by atomic mass is 16.3. The molecule has 10 nitrogen and oxygen atoms in total. The van der Waals surface area contributed by atoms with Crippen molar-refractivity contribution in [2.24, 2.45) is 35.3 Å². The molecule has 10 heteroatoms. The average molecular weight is 604 g/mol. The minimum absolute atomic E-state index is 0.00597. The Kier molecular flexibility index (Phi) is 8.39. The lowest BCUT2D eigenvalue weighted by atomic mass is 9.52. The molecule has 6 atom stereocenters. The van der Waals surface area contributed by atoms with Crippen molar-refractivity contribution in [3.05, 3.63) is 53.1 Å². The van der Waals surface area contributed by atoms with Crippen molar-refractivity contribution < 1.29 is 34.2 Å². The molecule has 234 valence electrons.